The molecule has 0 amide bonds. The minimum absolute atomic E-state index is 0.0400. The van der Waals surface area contributed by atoms with Crippen molar-refractivity contribution in [2.75, 3.05) is 6.61 Å². The second-order valence-corrected chi connectivity index (χ2v) is 6.50. The predicted octanol–water partition coefficient (Wildman–Crippen LogP) is 4.27. The zero-order valence-corrected chi connectivity index (χ0v) is 15.7. The molecule has 1 aromatic rings. The summed E-state index contributed by atoms with van der Waals surface area (Å²) in [5, 5.41) is 13.2. The number of aliphatic carboxylic acids is 1. The van der Waals surface area contributed by atoms with Gasteiger partial charge < -0.3 is 15.2 Å². The molecule has 0 aromatic heterocycles. The van der Waals surface area contributed by atoms with Crippen molar-refractivity contribution in [2.45, 2.75) is 33.1 Å². The van der Waals surface area contributed by atoms with E-state index in [2.05, 4.69) is 5.32 Å². The van der Waals surface area contributed by atoms with Gasteiger partial charge in [0.05, 0.1) is 33.7 Å². The highest BCUT2D eigenvalue weighted by Crippen LogP contribution is 2.43. The zero-order valence-electron chi connectivity index (χ0n) is 14.2. The van der Waals surface area contributed by atoms with Gasteiger partial charge in [-0.05, 0) is 31.9 Å². The number of benzene rings is 1. The molecule has 1 atom stereocenters. The van der Waals surface area contributed by atoms with Crippen LogP contribution < -0.4 is 5.32 Å². The predicted molar refractivity (Wildman–Crippen MR) is 96.6 cm³/mol. The maximum atomic E-state index is 12.6. The molecular weight excluding hydrogens is 365 g/mol. The molecule has 2 N–H and O–H groups in total. The number of rotatable bonds is 5. The Balaban J connectivity index is 2.67. The molecule has 1 unspecified atom stereocenters. The second-order valence-electron chi connectivity index (χ2n) is 5.72. The Morgan fingerprint density at radius 3 is 2.44 bits per heavy atom. The minimum Gasteiger partial charge on any atom is -0.478 e. The number of carbonyl (C=O) groups excluding carboxylic acids is 1. The number of carboxylic acid groups (broad SMARTS) is 1. The van der Waals surface area contributed by atoms with Crippen molar-refractivity contribution in [3.05, 3.63) is 56.3 Å². The van der Waals surface area contributed by atoms with Crippen LogP contribution in [0.3, 0.4) is 0 Å². The summed E-state index contributed by atoms with van der Waals surface area (Å²) in [4.78, 5) is 24.5. The zero-order chi connectivity index (χ0) is 18.7. The Bertz CT molecular complexity index is 783. The van der Waals surface area contributed by atoms with Crippen LogP contribution in [0.25, 0.3) is 0 Å². The molecule has 2 rings (SSSR count). The maximum absolute atomic E-state index is 12.6. The van der Waals surface area contributed by atoms with Crippen LogP contribution in [-0.4, -0.2) is 23.7 Å². The Labute approximate surface area is 156 Å². The SMILES string of the molecule is CCCOC(=O)C1=C(C)NC(C)=C(C(=O)O)C1c1cccc(Cl)c1Cl. The van der Waals surface area contributed by atoms with Gasteiger partial charge in [-0.15, -0.1) is 0 Å². The van der Waals surface area contributed by atoms with Crippen LogP contribution >= 0.6 is 23.2 Å². The number of dihydropyridines is 1. The summed E-state index contributed by atoms with van der Waals surface area (Å²) < 4.78 is 5.26. The van der Waals surface area contributed by atoms with Crippen molar-refractivity contribution in [3.63, 3.8) is 0 Å². The fourth-order valence-corrected chi connectivity index (χ4v) is 3.29. The molecule has 5 nitrogen and oxygen atoms in total. The Hall–Kier alpha value is -1.98. The molecule has 1 heterocycles. The van der Waals surface area contributed by atoms with Gasteiger partial charge in [0.2, 0.25) is 0 Å². The van der Waals surface area contributed by atoms with Gasteiger partial charge in [0, 0.05) is 11.4 Å². The average Bonchev–Trinajstić information content (AvgIpc) is 2.54. The minimum atomic E-state index is -1.14. The van der Waals surface area contributed by atoms with Gasteiger partial charge in [0.25, 0.3) is 0 Å². The van der Waals surface area contributed by atoms with Crippen molar-refractivity contribution in [1.82, 2.24) is 5.32 Å². The maximum Gasteiger partial charge on any atom is 0.336 e. The van der Waals surface area contributed by atoms with E-state index in [1.54, 1.807) is 32.0 Å². The van der Waals surface area contributed by atoms with Crippen LogP contribution in [0, 0.1) is 0 Å². The molecule has 134 valence electrons. The lowest BCUT2D eigenvalue weighted by Gasteiger charge is -2.30. The lowest BCUT2D eigenvalue weighted by molar-refractivity contribution is -0.139. The van der Waals surface area contributed by atoms with Gasteiger partial charge in [-0.2, -0.15) is 0 Å². The first kappa shape index (κ1) is 19.3. The van der Waals surface area contributed by atoms with Gasteiger partial charge in [0.15, 0.2) is 0 Å². The molecule has 1 aliphatic rings. The molecule has 0 radical (unpaired) electrons. The largest absolute Gasteiger partial charge is 0.478 e. The number of nitrogens with one attached hydrogen (secondary N) is 1. The number of hydrogen-bond acceptors (Lipinski definition) is 4. The van der Waals surface area contributed by atoms with Crippen LogP contribution in [0.15, 0.2) is 40.7 Å². The van der Waals surface area contributed by atoms with Crippen LogP contribution in [0.4, 0.5) is 0 Å². The van der Waals surface area contributed by atoms with E-state index in [0.29, 0.717) is 28.4 Å². The summed E-state index contributed by atoms with van der Waals surface area (Å²) in [6.45, 7) is 5.48. The van der Waals surface area contributed by atoms with E-state index in [-0.39, 0.29) is 22.8 Å². The highest BCUT2D eigenvalue weighted by molar-refractivity contribution is 6.42. The van der Waals surface area contributed by atoms with Crippen LogP contribution in [0.2, 0.25) is 10.0 Å². The summed E-state index contributed by atoms with van der Waals surface area (Å²) in [6.07, 6.45) is 0.661. The van der Waals surface area contributed by atoms with E-state index < -0.39 is 17.9 Å². The first-order valence-electron chi connectivity index (χ1n) is 7.82. The molecule has 1 aliphatic heterocycles. The Morgan fingerprint density at radius 2 is 1.84 bits per heavy atom. The quantitative estimate of drug-likeness (QED) is 0.742. The summed E-state index contributed by atoms with van der Waals surface area (Å²) in [7, 11) is 0. The lowest BCUT2D eigenvalue weighted by Crippen LogP contribution is -2.32. The molecule has 0 fully saturated rings. The lowest BCUT2D eigenvalue weighted by atomic mass is 9.80. The van der Waals surface area contributed by atoms with E-state index in [9.17, 15) is 14.7 Å². The van der Waals surface area contributed by atoms with E-state index in [4.69, 9.17) is 27.9 Å². The van der Waals surface area contributed by atoms with Gasteiger partial charge in [-0.1, -0.05) is 42.3 Å². The summed E-state index contributed by atoms with van der Waals surface area (Å²) in [5.41, 5.74) is 1.69. The van der Waals surface area contributed by atoms with Crippen molar-refractivity contribution in [1.29, 1.82) is 0 Å². The third-order valence-corrected chi connectivity index (χ3v) is 4.77. The number of halogens is 2. The number of carbonyl (C=O) groups is 2. The molecular formula is C18H19Cl2NO4. The van der Waals surface area contributed by atoms with Crippen LogP contribution in [0.5, 0.6) is 0 Å². The fraction of sp³-hybridized carbons (Fsp3) is 0.333. The molecule has 0 aliphatic carbocycles. The fourth-order valence-electron chi connectivity index (χ4n) is 2.88. The summed E-state index contributed by atoms with van der Waals surface area (Å²) in [5.74, 6) is -2.58. The third-order valence-electron chi connectivity index (χ3n) is 3.94. The monoisotopic (exact) mass is 383 g/mol. The Morgan fingerprint density at radius 1 is 1.20 bits per heavy atom. The normalized spacial score (nSPS) is 17.4. The van der Waals surface area contributed by atoms with E-state index >= 15 is 0 Å². The molecule has 0 bridgehead atoms. The Kier molecular flexibility index (Phi) is 6.14. The van der Waals surface area contributed by atoms with E-state index in [1.807, 2.05) is 6.92 Å². The number of carboxylic acids is 1. The van der Waals surface area contributed by atoms with Gasteiger partial charge >= 0.3 is 11.9 Å². The van der Waals surface area contributed by atoms with Gasteiger partial charge in [0.1, 0.15) is 0 Å². The van der Waals surface area contributed by atoms with E-state index in [1.165, 1.54) is 0 Å². The highest BCUT2D eigenvalue weighted by atomic mass is 35.5. The first-order chi connectivity index (χ1) is 11.8. The number of esters is 1. The van der Waals surface area contributed by atoms with Gasteiger partial charge in [-0.3, -0.25) is 0 Å². The third kappa shape index (κ3) is 3.83. The van der Waals surface area contributed by atoms with Crippen molar-refractivity contribution >= 4 is 35.1 Å². The molecule has 0 saturated carbocycles. The van der Waals surface area contributed by atoms with Crippen molar-refractivity contribution < 1.29 is 19.4 Å². The van der Waals surface area contributed by atoms with E-state index in [0.717, 1.165) is 0 Å². The average molecular weight is 384 g/mol. The van der Waals surface area contributed by atoms with Crippen molar-refractivity contribution in [3.8, 4) is 0 Å². The molecule has 1 aromatic carbocycles. The topological polar surface area (TPSA) is 75.6 Å². The van der Waals surface area contributed by atoms with Crippen LogP contribution in [0.1, 0.15) is 38.7 Å². The van der Waals surface area contributed by atoms with Crippen LogP contribution in [-0.2, 0) is 14.3 Å². The first-order valence-corrected chi connectivity index (χ1v) is 8.58. The number of ether oxygens (including phenoxy) is 1. The summed E-state index contributed by atoms with van der Waals surface area (Å²) in [6, 6.07) is 4.95. The molecule has 0 saturated heterocycles. The standard InChI is InChI=1S/C18H19Cl2NO4/c1-4-8-25-18(24)14-10(3)21-9(2)13(17(22)23)15(14)11-6-5-7-12(19)16(11)20/h5-7,15,21H,4,8H2,1-3H3,(H,22,23). The van der Waals surface area contributed by atoms with Crippen molar-refractivity contribution in [2.24, 2.45) is 0 Å². The number of hydrogen-bond donors (Lipinski definition) is 2. The number of allylic oxidation sites excluding steroid dienone is 2. The van der Waals surface area contributed by atoms with Gasteiger partial charge in [-0.25, -0.2) is 9.59 Å². The molecule has 0 spiro atoms. The summed E-state index contributed by atoms with van der Waals surface area (Å²) >= 11 is 12.4. The smallest absolute Gasteiger partial charge is 0.336 e. The molecule has 25 heavy (non-hydrogen) atoms. The highest BCUT2D eigenvalue weighted by Gasteiger charge is 2.38. The molecule has 7 heteroatoms. The second kappa shape index (κ2) is 7.93.